The van der Waals surface area contributed by atoms with Gasteiger partial charge in [0.25, 0.3) is 0 Å². The van der Waals surface area contributed by atoms with Crippen molar-refractivity contribution in [3.05, 3.63) is 16.5 Å². The van der Waals surface area contributed by atoms with E-state index < -0.39 is 10.0 Å². The van der Waals surface area contributed by atoms with E-state index >= 15 is 0 Å². The molecule has 0 aliphatic carbocycles. The summed E-state index contributed by atoms with van der Waals surface area (Å²) in [4.78, 5) is 0.161. The van der Waals surface area contributed by atoms with Crippen LogP contribution in [0.5, 0.6) is 0 Å². The molecule has 4 nitrogen and oxygen atoms in total. The van der Waals surface area contributed by atoms with Gasteiger partial charge in [-0.25, -0.2) is 8.42 Å². The first kappa shape index (κ1) is 15.7. The quantitative estimate of drug-likeness (QED) is 0.746. The number of alkyl halides is 1. The lowest BCUT2D eigenvalue weighted by Gasteiger charge is -2.36. The fourth-order valence-corrected chi connectivity index (χ4v) is 6.10. The summed E-state index contributed by atoms with van der Waals surface area (Å²) in [5.74, 6) is 1.40. The molecule has 19 heavy (non-hydrogen) atoms. The third kappa shape index (κ3) is 3.00. The average Bonchev–Trinajstić information content (AvgIpc) is 2.74. The highest BCUT2D eigenvalue weighted by atomic mass is 79.9. The molecule has 2 heterocycles. The van der Waals surface area contributed by atoms with Crippen molar-refractivity contribution in [1.82, 2.24) is 4.31 Å². The molecule has 1 aromatic rings. The van der Waals surface area contributed by atoms with Crippen molar-refractivity contribution in [3.8, 4) is 0 Å². The van der Waals surface area contributed by atoms with E-state index in [9.17, 15) is 8.42 Å². The number of thioether (sulfide) groups is 1. The topological polar surface area (TPSA) is 50.5 Å². The van der Waals surface area contributed by atoms with Crippen LogP contribution in [0.3, 0.4) is 0 Å². The van der Waals surface area contributed by atoms with Gasteiger partial charge < -0.3 is 4.42 Å². The maximum atomic E-state index is 12.7. The molecule has 1 aromatic heterocycles. The first-order chi connectivity index (χ1) is 8.87. The largest absolute Gasteiger partial charge is 0.452 e. The Balaban J connectivity index is 2.38. The lowest BCUT2D eigenvalue weighted by atomic mass is 10.2. The summed E-state index contributed by atoms with van der Waals surface area (Å²) in [5.41, 5.74) is 0. The Morgan fingerprint density at radius 3 is 2.84 bits per heavy atom. The number of nitrogens with zero attached hydrogens (tertiary/aromatic N) is 1. The monoisotopic (exact) mass is 387 g/mol. The van der Waals surface area contributed by atoms with Gasteiger partial charge in [-0.1, -0.05) is 6.92 Å². The predicted octanol–water partition coefficient (Wildman–Crippen LogP) is 3.30. The number of rotatable bonds is 3. The molecule has 1 aliphatic rings. The summed E-state index contributed by atoms with van der Waals surface area (Å²) in [6.07, 6.45) is 0. The van der Waals surface area contributed by atoms with E-state index in [1.54, 1.807) is 16.1 Å². The molecule has 0 bridgehead atoms. The van der Waals surface area contributed by atoms with Crippen LogP contribution in [0.2, 0.25) is 0 Å². The Kier molecular flexibility index (Phi) is 4.93. The van der Waals surface area contributed by atoms with Gasteiger partial charge in [0.05, 0.1) is 5.88 Å². The van der Waals surface area contributed by atoms with Crippen LogP contribution < -0.4 is 0 Å². The van der Waals surface area contributed by atoms with Gasteiger partial charge in [0, 0.05) is 29.7 Å². The molecule has 0 radical (unpaired) electrons. The van der Waals surface area contributed by atoms with E-state index in [-0.39, 0.29) is 26.7 Å². The summed E-state index contributed by atoms with van der Waals surface area (Å²) in [6, 6.07) is 1.45. The standard InChI is InChI=1S/C11H15BrClNO3S2/c1-7-8(2)18-4-3-14(7)19(15,16)10-5-9(6-13)17-11(10)12/h5,7-8H,3-4,6H2,1-2H3. The summed E-state index contributed by atoms with van der Waals surface area (Å²) < 4.78 is 32.4. The highest BCUT2D eigenvalue weighted by Crippen LogP contribution is 2.34. The van der Waals surface area contributed by atoms with Gasteiger partial charge in [-0.3, -0.25) is 0 Å². The number of sulfonamides is 1. The molecule has 0 N–H and O–H groups in total. The summed E-state index contributed by atoms with van der Waals surface area (Å²) >= 11 is 10.6. The van der Waals surface area contributed by atoms with Gasteiger partial charge >= 0.3 is 0 Å². The molecule has 2 rings (SSSR count). The SMILES string of the molecule is CC1SCCN(S(=O)(=O)c2cc(CCl)oc2Br)C1C. The Morgan fingerprint density at radius 1 is 1.58 bits per heavy atom. The zero-order chi connectivity index (χ0) is 14.2. The van der Waals surface area contributed by atoms with Crippen molar-refractivity contribution in [2.75, 3.05) is 12.3 Å². The molecule has 0 amide bonds. The third-order valence-electron chi connectivity index (χ3n) is 3.25. The van der Waals surface area contributed by atoms with Gasteiger partial charge in [-0.2, -0.15) is 16.1 Å². The molecule has 108 valence electrons. The lowest BCUT2D eigenvalue weighted by molar-refractivity contribution is 0.339. The van der Waals surface area contributed by atoms with Crippen LogP contribution in [0.4, 0.5) is 0 Å². The van der Waals surface area contributed by atoms with Crippen molar-refractivity contribution in [2.45, 2.75) is 35.9 Å². The molecule has 1 saturated heterocycles. The second-order valence-corrected chi connectivity index (χ2v) is 8.75. The second-order valence-electron chi connectivity index (χ2n) is 4.42. The third-order valence-corrected chi connectivity index (χ3v) is 7.70. The normalized spacial score (nSPS) is 25.7. The van der Waals surface area contributed by atoms with Crippen molar-refractivity contribution in [2.24, 2.45) is 0 Å². The Labute approximate surface area is 131 Å². The zero-order valence-electron chi connectivity index (χ0n) is 10.6. The van der Waals surface area contributed by atoms with E-state index in [1.165, 1.54) is 6.07 Å². The highest BCUT2D eigenvalue weighted by molar-refractivity contribution is 9.10. The Bertz CT molecular complexity index is 560. The molecule has 0 aromatic carbocycles. The van der Waals surface area contributed by atoms with Crippen LogP contribution in [0, 0.1) is 0 Å². The van der Waals surface area contributed by atoms with Gasteiger partial charge in [-0.05, 0) is 22.9 Å². The zero-order valence-corrected chi connectivity index (χ0v) is 14.6. The fourth-order valence-electron chi connectivity index (χ4n) is 2.01. The summed E-state index contributed by atoms with van der Waals surface area (Å²) in [5, 5.41) is 0.279. The number of hydrogen-bond donors (Lipinski definition) is 0. The minimum Gasteiger partial charge on any atom is -0.452 e. The van der Waals surface area contributed by atoms with Crippen molar-refractivity contribution in [3.63, 3.8) is 0 Å². The Hall–Kier alpha value is 0.310. The maximum Gasteiger partial charge on any atom is 0.247 e. The lowest BCUT2D eigenvalue weighted by Crippen LogP contribution is -2.47. The number of furan rings is 1. The van der Waals surface area contributed by atoms with Crippen LogP contribution in [0.25, 0.3) is 0 Å². The van der Waals surface area contributed by atoms with Gasteiger partial charge in [-0.15, -0.1) is 11.6 Å². The average molecular weight is 389 g/mol. The number of halogens is 2. The first-order valence-electron chi connectivity index (χ1n) is 5.85. The van der Waals surface area contributed by atoms with Crippen molar-refractivity contribution >= 4 is 49.3 Å². The molecular formula is C11H15BrClNO3S2. The summed E-state index contributed by atoms with van der Waals surface area (Å²) in [7, 11) is -3.54. The fraction of sp³-hybridized carbons (Fsp3) is 0.636. The maximum absolute atomic E-state index is 12.7. The van der Waals surface area contributed by atoms with E-state index in [4.69, 9.17) is 16.0 Å². The number of hydrogen-bond acceptors (Lipinski definition) is 4. The van der Waals surface area contributed by atoms with Crippen LogP contribution >= 0.6 is 39.3 Å². The first-order valence-corrected chi connectivity index (χ1v) is 9.67. The molecule has 1 aliphatic heterocycles. The van der Waals surface area contributed by atoms with Gasteiger partial charge in [0.1, 0.15) is 10.7 Å². The molecular weight excluding hydrogens is 374 g/mol. The molecule has 0 spiro atoms. The summed E-state index contributed by atoms with van der Waals surface area (Å²) in [6.45, 7) is 4.50. The van der Waals surface area contributed by atoms with E-state index in [0.29, 0.717) is 12.3 Å². The molecule has 1 fully saturated rings. The highest BCUT2D eigenvalue weighted by Gasteiger charge is 2.37. The van der Waals surface area contributed by atoms with Crippen molar-refractivity contribution < 1.29 is 12.8 Å². The van der Waals surface area contributed by atoms with Gasteiger partial charge in [0.2, 0.25) is 10.0 Å². The molecule has 2 atom stereocenters. The van der Waals surface area contributed by atoms with Crippen LogP contribution in [-0.4, -0.2) is 36.3 Å². The van der Waals surface area contributed by atoms with Crippen LogP contribution in [-0.2, 0) is 15.9 Å². The van der Waals surface area contributed by atoms with E-state index in [2.05, 4.69) is 15.9 Å². The molecule has 8 heteroatoms. The minimum atomic E-state index is -3.54. The van der Waals surface area contributed by atoms with Crippen LogP contribution in [0.15, 0.2) is 20.0 Å². The second kappa shape index (κ2) is 5.97. The van der Waals surface area contributed by atoms with E-state index in [1.807, 2.05) is 13.8 Å². The molecule has 2 unspecified atom stereocenters. The smallest absolute Gasteiger partial charge is 0.247 e. The Morgan fingerprint density at radius 2 is 2.26 bits per heavy atom. The van der Waals surface area contributed by atoms with Crippen molar-refractivity contribution in [1.29, 1.82) is 0 Å². The predicted molar refractivity (Wildman–Crippen MR) is 81.2 cm³/mol. The molecule has 0 saturated carbocycles. The van der Waals surface area contributed by atoms with Crippen LogP contribution in [0.1, 0.15) is 19.6 Å². The van der Waals surface area contributed by atoms with Gasteiger partial charge in [0.15, 0.2) is 4.67 Å². The van der Waals surface area contributed by atoms with E-state index in [0.717, 1.165) is 5.75 Å². The minimum absolute atomic E-state index is 0.0370.